The van der Waals surface area contributed by atoms with E-state index in [4.69, 9.17) is 14.2 Å². The van der Waals surface area contributed by atoms with E-state index in [0.717, 1.165) is 16.7 Å². The highest BCUT2D eigenvalue weighted by molar-refractivity contribution is 5.97. The number of hydrogen-bond acceptors (Lipinski definition) is 5. The van der Waals surface area contributed by atoms with Gasteiger partial charge in [-0.15, -0.1) is 0 Å². The minimum absolute atomic E-state index is 0.142. The average molecular weight is 426 g/mol. The zero-order chi connectivity index (χ0) is 22.1. The first-order valence-corrected chi connectivity index (χ1v) is 11.0. The first-order chi connectivity index (χ1) is 14.7. The second-order valence-electron chi connectivity index (χ2n) is 9.64. The molecule has 1 aromatic carbocycles. The van der Waals surface area contributed by atoms with Gasteiger partial charge >= 0.3 is 6.09 Å². The number of benzene rings is 1. The van der Waals surface area contributed by atoms with Crippen LogP contribution in [0.5, 0.6) is 0 Å². The number of ether oxygens (including phenoxy) is 3. The number of rotatable bonds is 5. The molecule has 31 heavy (non-hydrogen) atoms. The lowest BCUT2D eigenvalue weighted by molar-refractivity contribution is -0.235. The number of alkyl carbamates (subject to hydrolysis) is 1. The quantitative estimate of drug-likeness (QED) is 0.764. The third kappa shape index (κ3) is 4.91. The maximum atomic E-state index is 12.7. The molecule has 2 aliphatic carbocycles. The number of carbonyl (C=O) groups is 2. The van der Waals surface area contributed by atoms with Gasteiger partial charge in [0.05, 0.1) is 18.8 Å². The summed E-state index contributed by atoms with van der Waals surface area (Å²) >= 11 is 0. The lowest BCUT2D eigenvalue weighted by atomic mass is 9.64. The Bertz CT molecular complexity index is 896. The zero-order valence-corrected chi connectivity index (χ0v) is 18.5. The van der Waals surface area contributed by atoms with Crippen molar-refractivity contribution in [2.45, 2.75) is 69.8 Å². The molecule has 0 unspecified atom stereocenters. The summed E-state index contributed by atoms with van der Waals surface area (Å²) in [7, 11) is 0. The second kappa shape index (κ2) is 8.24. The Morgan fingerprint density at radius 3 is 2.29 bits per heavy atom. The predicted molar refractivity (Wildman–Crippen MR) is 117 cm³/mol. The number of nitrogens with one attached hydrogen (secondary N) is 1. The highest BCUT2D eigenvalue weighted by atomic mass is 16.7. The summed E-state index contributed by atoms with van der Waals surface area (Å²) in [4.78, 5) is 25.3. The maximum absolute atomic E-state index is 12.7. The fourth-order valence-corrected chi connectivity index (χ4v) is 4.63. The third-order valence-electron chi connectivity index (χ3n) is 6.03. The molecule has 1 aromatic rings. The Morgan fingerprint density at radius 2 is 1.71 bits per heavy atom. The molecule has 0 bridgehead atoms. The summed E-state index contributed by atoms with van der Waals surface area (Å²) < 4.78 is 17.1. The van der Waals surface area contributed by atoms with E-state index in [0.29, 0.717) is 45.3 Å². The van der Waals surface area contributed by atoms with Crippen molar-refractivity contribution in [1.82, 2.24) is 5.32 Å². The lowest BCUT2D eigenvalue weighted by Crippen LogP contribution is -2.67. The molecule has 3 aliphatic rings. The van der Waals surface area contributed by atoms with Gasteiger partial charge in [-0.25, -0.2) is 4.79 Å². The molecule has 166 valence electrons. The summed E-state index contributed by atoms with van der Waals surface area (Å²) in [6.45, 7) is 6.67. The van der Waals surface area contributed by atoms with Crippen LogP contribution in [0.4, 0.5) is 4.79 Å². The molecule has 1 spiro atoms. The van der Waals surface area contributed by atoms with Crippen LogP contribution in [0, 0.1) is 0 Å². The fraction of sp³-hybridized carbons (Fsp3) is 0.520. The normalized spacial score (nSPS) is 21.6. The second-order valence-corrected chi connectivity index (χ2v) is 9.64. The van der Waals surface area contributed by atoms with Crippen molar-refractivity contribution in [3.63, 3.8) is 0 Å². The smallest absolute Gasteiger partial charge is 0.408 e. The van der Waals surface area contributed by atoms with Gasteiger partial charge in [0.15, 0.2) is 11.6 Å². The van der Waals surface area contributed by atoms with Crippen LogP contribution in [0.3, 0.4) is 0 Å². The number of Topliss-reactive ketones (excluding diaryl/α,β-unsaturated/α-hetero) is 1. The van der Waals surface area contributed by atoms with Gasteiger partial charge in [-0.3, -0.25) is 4.79 Å². The van der Waals surface area contributed by atoms with Gasteiger partial charge in [0, 0.05) is 19.3 Å². The monoisotopic (exact) mass is 425 g/mol. The minimum Gasteiger partial charge on any atom is -0.444 e. The van der Waals surface area contributed by atoms with Crippen molar-refractivity contribution in [2.75, 3.05) is 13.2 Å². The van der Waals surface area contributed by atoms with Gasteiger partial charge in [0.2, 0.25) is 0 Å². The van der Waals surface area contributed by atoms with E-state index in [1.165, 1.54) is 0 Å². The van der Waals surface area contributed by atoms with Crippen LogP contribution in [0.2, 0.25) is 0 Å². The van der Waals surface area contributed by atoms with Crippen LogP contribution in [0.15, 0.2) is 53.6 Å². The highest BCUT2D eigenvalue weighted by Gasteiger charge is 2.61. The van der Waals surface area contributed by atoms with Crippen LogP contribution < -0.4 is 5.32 Å². The number of allylic oxidation sites excluding steroid dienone is 3. The van der Waals surface area contributed by atoms with E-state index in [9.17, 15) is 9.59 Å². The predicted octanol–water partition coefficient (Wildman–Crippen LogP) is 4.25. The highest BCUT2D eigenvalue weighted by Crippen LogP contribution is 2.52. The topological polar surface area (TPSA) is 73.9 Å². The van der Waals surface area contributed by atoms with Crippen LogP contribution in [0.25, 0.3) is 0 Å². The molecule has 0 atom stereocenters. The maximum Gasteiger partial charge on any atom is 0.408 e. The van der Waals surface area contributed by atoms with Crippen LogP contribution >= 0.6 is 0 Å². The Kier molecular flexibility index (Phi) is 5.79. The van der Waals surface area contributed by atoms with Crippen molar-refractivity contribution in [3.05, 3.63) is 59.2 Å². The SMILES string of the molecule is CC(C)(C)OC(=O)NC1(C2=CC=C(C(=O)Cc3ccccc3)CC2)CC2(C1)OCCO2. The van der Waals surface area contributed by atoms with E-state index in [1.54, 1.807) is 0 Å². The van der Waals surface area contributed by atoms with Crippen molar-refractivity contribution < 1.29 is 23.8 Å². The van der Waals surface area contributed by atoms with Crippen LogP contribution in [-0.4, -0.2) is 42.0 Å². The van der Waals surface area contributed by atoms with Crippen molar-refractivity contribution in [1.29, 1.82) is 0 Å². The summed E-state index contributed by atoms with van der Waals surface area (Å²) in [6.07, 6.45) is 6.31. The molecule has 0 aromatic heterocycles. The average Bonchev–Trinajstić information content (AvgIpc) is 3.16. The van der Waals surface area contributed by atoms with Crippen molar-refractivity contribution in [2.24, 2.45) is 0 Å². The molecule has 1 N–H and O–H groups in total. The van der Waals surface area contributed by atoms with Crippen molar-refractivity contribution in [3.8, 4) is 0 Å². The first kappa shape index (κ1) is 21.8. The van der Waals surface area contributed by atoms with Crippen LogP contribution in [-0.2, 0) is 25.4 Å². The molecule has 6 heteroatoms. The summed E-state index contributed by atoms with van der Waals surface area (Å²) in [6, 6.07) is 9.78. The van der Waals surface area contributed by atoms with Gasteiger partial charge in [-0.2, -0.15) is 0 Å². The molecular weight excluding hydrogens is 394 g/mol. The molecular formula is C25H31NO5. The van der Waals surface area contributed by atoms with Gasteiger partial charge < -0.3 is 19.5 Å². The number of hydrogen-bond donors (Lipinski definition) is 1. The lowest BCUT2D eigenvalue weighted by Gasteiger charge is -2.54. The molecule has 1 saturated carbocycles. The molecule has 2 fully saturated rings. The van der Waals surface area contributed by atoms with Crippen molar-refractivity contribution >= 4 is 11.9 Å². The molecule has 1 aliphatic heterocycles. The Labute approximate surface area is 183 Å². The van der Waals surface area contributed by atoms with E-state index in [2.05, 4.69) is 5.32 Å². The fourth-order valence-electron chi connectivity index (χ4n) is 4.63. The van der Waals surface area contributed by atoms with E-state index in [-0.39, 0.29) is 5.78 Å². The molecule has 4 rings (SSSR count). The summed E-state index contributed by atoms with van der Waals surface area (Å²) in [5.74, 6) is -0.480. The van der Waals surface area contributed by atoms with Gasteiger partial charge in [0.25, 0.3) is 0 Å². The van der Waals surface area contributed by atoms with E-state index >= 15 is 0 Å². The molecule has 6 nitrogen and oxygen atoms in total. The largest absolute Gasteiger partial charge is 0.444 e. The molecule has 1 heterocycles. The third-order valence-corrected chi connectivity index (χ3v) is 6.03. The number of ketones is 1. The van der Waals surface area contributed by atoms with E-state index in [1.807, 2.05) is 63.3 Å². The van der Waals surface area contributed by atoms with Crippen LogP contribution in [0.1, 0.15) is 52.0 Å². The molecule has 0 radical (unpaired) electrons. The summed E-state index contributed by atoms with van der Waals surface area (Å²) in [5.41, 5.74) is 1.77. The Hall–Kier alpha value is -2.44. The standard InChI is InChI=1S/C25H31NO5/c1-23(2,3)31-22(28)26-24(16-25(17-24)29-13-14-30-25)20-11-9-19(10-12-20)21(27)15-18-7-5-4-6-8-18/h4-9,11H,10,12-17H2,1-3H3,(H,26,28). The number of amides is 1. The zero-order valence-electron chi connectivity index (χ0n) is 18.5. The summed E-state index contributed by atoms with van der Waals surface area (Å²) in [5, 5.41) is 3.09. The van der Waals surface area contributed by atoms with Gasteiger partial charge in [-0.1, -0.05) is 42.5 Å². The Balaban J connectivity index is 1.49. The Morgan fingerprint density at radius 1 is 1.03 bits per heavy atom. The first-order valence-electron chi connectivity index (χ1n) is 11.0. The number of carbonyl (C=O) groups excluding carboxylic acids is 2. The van der Waals surface area contributed by atoms with E-state index < -0.39 is 23.0 Å². The molecule has 1 amide bonds. The van der Waals surface area contributed by atoms with Gasteiger partial charge in [-0.05, 0) is 50.3 Å². The minimum atomic E-state index is -0.622. The molecule has 1 saturated heterocycles. The van der Waals surface area contributed by atoms with Gasteiger partial charge in [0.1, 0.15) is 5.60 Å².